The second-order valence-electron chi connectivity index (χ2n) is 16.5. The fourth-order valence-corrected chi connectivity index (χ4v) is 22.3. The topological polar surface area (TPSA) is 0 Å². The Morgan fingerprint density at radius 2 is 0.857 bits per heavy atom. The Morgan fingerprint density at radius 1 is 0.452 bits per heavy atom. The van der Waals surface area contributed by atoms with E-state index in [1.165, 1.54) is 54.3 Å². The van der Waals surface area contributed by atoms with Crippen molar-refractivity contribution in [1.82, 2.24) is 0 Å². The van der Waals surface area contributed by atoms with Crippen molar-refractivity contribution in [2.75, 3.05) is 5.79 Å². The van der Waals surface area contributed by atoms with Gasteiger partial charge >= 0.3 is 0 Å². The van der Waals surface area contributed by atoms with Crippen LogP contribution in [0.2, 0.25) is 95.2 Å². The van der Waals surface area contributed by atoms with Gasteiger partial charge in [-0.05, 0) is 35.4 Å². The van der Waals surface area contributed by atoms with Crippen LogP contribution in [-0.2, 0) is 0 Å². The molecule has 3 rings (SSSR count). The molecule has 3 aromatic rings. The summed E-state index contributed by atoms with van der Waals surface area (Å²) < 4.78 is 0. The van der Waals surface area contributed by atoms with E-state index < -0.39 is 40.2 Å². The fraction of sp³-hybridized carbons (Fsp3) is 0.514. The Kier molecular flexibility index (Phi) is 13.3. The van der Waals surface area contributed by atoms with Crippen LogP contribution < -0.4 is 10.6 Å². The molecular formula is C37H61PSi4. The van der Waals surface area contributed by atoms with E-state index in [1.54, 1.807) is 28.7 Å². The molecule has 0 aliphatic rings. The van der Waals surface area contributed by atoms with Crippen molar-refractivity contribution in [3.05, 3.63) is 84.9 Å². The Morgan fingerprint density at radius 3 is 1.31 bits per heavy atom. The lowest BCUT2D eigenvalue weighted by molar-refractivity contribution is 0.904. The van der Waals surface area contributed by atoms with Crippen molar-refractivity contribution in [1.29, 1.82) is 0 Å². The maximum Gasteiger partial charge on any atom is 0.0584 e. The fourth-order valence-electron chi connectivity index (χ4n) is 6.42. The molecule has 0 heterocycles. The van der Waals surface area contributed by atoms with Gasteiger partial charge in [-0.25, -0.2) is 0 Å². The van der Waals surface area contributed by atoms with Gasteiger partial charge in [-0.3, -0.25) is 0 Å². The van der Waals surface area contributed by atoms with Gasteiger partial charge < -0.3 is 0 Å². The molecule has 0 saturated carbocycles. The summed E-state index contributed by atoms with van der Waals surface area (Å²) in [5.74, 6) is 1.47. The molecule has 0 fully saturated rings. The van der Waals surface area contributed by atoms with Gasteiger partial charge in [-0.2, -0.15) is 0 Å². The van der Waals surface area contributed by atoms with Gasteiger partial charge in [0.25, 0.3) is 0 Å². The maximum absolute atomic E-state index is 2.58. The van der Waals surface area contributed by atoms with E-state index in [0.717, 1.165) is 0 Å². The van der Waals surface area contributed by atoms with Crippen LogP contribution in [0.5, 0.6) is 0 Å². The molecule has 0 bridgehead atoms. The highest BCUT2D eigenvalue weighted by Gasteiger charge is 2.37. The molecule has 0 saturated heterocycles. The number of hydrogen-bond acceptors (Lipinski definition) is 0. The molecule has 0 radical (unpaired) electrons. The van der Waals surface area contributed by atoms with Crippen molar-refractivity contribution in [2.24, 2.45) is 0 Å². The van der Waals surface area contributed by atoms with Gasteiger partial charge in [-0.15, -0.1) is 0 Å². The molecule has 0 nitrogen and oxygen atoms in total. The van der Waals surface area contributed by atoms with E-state index >= 15 is 0 Å². The van der Waals surface area contributed by atoms with Crippen LogP contribution in [0.15, 0.2) is 84.9 Å². The molecule has 0 unspecified atom stereocenters. The smallest absolute Gasteiger partial charge is 0.0584 e. The van der Waals surface area contributed by atoms with Crippen molar-refractivity contribution in [3.8, 4) is 11.1 Å². The maximum atomic E-state index is 2.58. The second-order valence-corrected chi connectivity index (χ2v) is 41.0. The third kappa shape index (κ3) is 12.5. The van der Waals surface area contributed by atoms with E-state index in [9.17, 15) is 0 Å². The summed E-state index contributed by atoms with van der Waals surface area (Å²) in [5.41, 5.74) is 2.84. The largest absolute Gasteiger partial charge is 0.0695 e. The highest BCUT2D eigenvalue weighted by molar-refractivity contribution is 7.75. The molecule has 0 aliphatic heterocycles. The van der Waals surface area contributed by atoms with Gasteiger partial charge in [0.15, 0.2) is 0 Å². The number of benzene rings is 3. The summed E-state index contributed by atoms with van der Waals surface area (Å²) in [4.78, 5) is 0. The van der Waals surface area contributed by atoms with Crippen LogP contribution in [0.3, 0.4) is 0 Å². The Bertz CT molecular complexity index is 1140. The Hall–Kier alpha value is -1.04. The lowest BCUT2D eigenvalue weighted by Crippen LogP contribution is -2.42. The zero-order valence-electron chi connectivity index (χ0n) is 28.6. The highest BCUT2D eigenvalue weighted by Crippen LogP contribution is 2.45. The summed E-state index contributed by atoms with van der Waals surface area (Å²) >= 11 is 0. The predicted octanol–water partition coefficient (Wildman–Crippen LogP) is 12.0. The second kappa shape index (κ2) is 15.8. The average molecular weight is 649 g/mol. The van der Waals surface area contributed by atoms with Crippen molar-refractivity contribution < 1.29 is 0 Å². The molecule has 3 aromatic carbocycles. The summed E-state index contributed by atoms with van der Waals surface area (Å²) in [7, 11) is -5.15. The minimum Gasteiger partial charge on any atom is -0.0695 e. The van der Waals surface area contributed by atoms with Gasteiger partial charge in [-0.1, -0.05) is 199 Å². The van der Waals surface area contributed by atoms with Crippen LogP contribution >= 0.6 is 7.92 Å². The van der Waals surface area contributed by atoms with Crippen molar-refractivity contribution in [3.63, 3.8) is 0 Å². The monoisotopic (exact) mass is 648 g/mol. The molecule has 0 N–H and O–H groups in total. The Balaban J connectivity index is 2.10. The normalized spacial score (nSPS) is 13.7. The lowest BCUT2D eigenvalue weighted by Gasteiger charge is -2.38. The third-order valence-electron chi connectivity index (χ3n) is 8.74. The number of hydrogen-bond donors (Lipinski definition) is 0. The molecule has 42 heavy (non-hydrogen) atoms. The van der Waals surface area contributed by atoms with Crippen LogP contribution in [0.4, 0.5) is 0 Å². The van der Waals surface area contributed by atoms with Crippen molar-refractivity contribution >= 4 is 50.8 Å². The van der Waals surface area contributed by atoms with Gasteiger partial charge in [0.1, 0.15) is 0 Å². The van der Waals surface area contributed by atoms with Crippen LogP contribution in [0.25, 0.3) is 11.1 Å². The zero-order valence-corrected chi connectivity index (χ0v) is 33.5. The molecule has 0 aliphatic carbocycles. The van der Waals surface area contributed by atoms with E-state index in [0.29, 0.717) is 0 Å². The quantitative estimate of drug-likeness (QED) is 0.101. The molecular weight excluding hydrogens is 588 g/mol. The standard InChI is InChI=1S/C37H61PSi4/c1-39(2,3)27-18-30-42(31-19-28-40(4,5)6,32-20-29-41(7,8)9)33-38(35-23-14-11-15-24-35)37-26-17-16-25-36(37)34-21-12-10-13-22-34/h10-17,21-26H,18-20,27-33H2,1-9H3/t38-/m0/s1. The highest BCUT2D eigenvalue weighted by atomic mass is 31.1. The summed E-state index contributed by atoms with van der Waals surface area (Å²) in [6, 6.07) is 41.5. The first-order valence-corrected chi connectivity index (χ1v) is 32.1. The first-order chi connectivity index (χ1) is 19.7. The molecule has 5 heteroatoms. The summed E-state index contributed by atoms with van der Waals surface area (Å²) in [6.45, 7) is 23.2. The SMILES string of the molecule is C[Si](C)(C)CCC[Si](CCC[Si](C)(C)C)(CCC[Si](C)(C)C)C[P@@](c1ccccc1)c1ccccc1-c1ccccc1. The minimum atomic E-state index is -1.55. The first kappa shape index (κ1) is 35.4. The molecule has 0 aromatic heterocycles. The Labute approximate surface area is 266 Å². The predicted molar refractivity (Wildman–Crippen MR) is 208 cm³/mol. The van der Waals surface area contributed by atoms with Crippen LogP contribution in [0.1, 0.15) is 19.3 Å². The lowest BCUT2D eigenvalue weighted by atomic mass is 10.1. The minimum absolute atomic E-state index is 0.421. The van der Waals surface area contributed by atoms with E-state index in [1.807, 2.05) is 0 Å². The molecule has 1 atom stereocenters. The van der Waals surface area contributed by atoms with Crippen LogP contribution in [0, 0.1) is 0 Å². The third-order valence-corrected chi connectivity index (χ3v) is 24.4. The van der Waals surface area contributed by atoms with E-state index in [4.69, 9.17) is 0 Å². The summed E-state index contributed by atoms with van der Waals surface area (Å²) in [6.07, 6.45) is 4.42. The van der Waals surface area contributed by atoms with Gasteiger partial charge in [0, 0.05) is 24.2 Å². The molecule has 230 valence electrons. The zero-order chi connectivity index (χ0) is 30.9. The molecule has 0 spiro atoms. The van der Waals surface area contributed by atoms with E-state index in [-0.39, 0.29) is 0 Å². The van der Waals surface area contributed by atoms with Crippen molar-refractivity contribution in [2.45, 2.75) is 114 Å². The summed E-state index contributed by atoms with van der Waals surface area (Å²) in [5, 5.41) is 3.20. The van der Waals surface area contributed by atoms with E-state index in [2.05, 4.69) is 144 Å². The van der Waals surface area contributed by atoms with Crippen LogP contribution in [-0.4, -0.2) is 38.1 Å². The van der Waals surface area contributed by atoms with Gasteiger partial charge in [0.05, 0.1) is 8.07 Å². The van der Waals surface area contributed by atoms with Gasteiger partial charge in [0.2, 0.25) is 0 Å². The first-order valence-electron chi connectivity index (χ1n) is 16.6. The number of rotatable bonds is 17. The average Bonchev–Trinajstić information content (AvgIpc) is 2.90. The molecule has 0 amide bonds.